The zero-order chi connectivity index (χ0) is 10.2. The zero-order valence-corrected chi connectivity index (χ0v) is 9.76. The van der Waals surface area contributed by atoms with Gasteiger partial charge in [0.2, 0.25) is 0 Å². The molecule has 0 N–H and O–H groups in total. The van der Waals surface area contributed by atoms with E-state index >= 15 is 0 Å². The van der Waals surface area contributed by atoms with E-state index in [0.717, 1.165) is 5.92 Å². The maximum atomic E-state index is 2.45. The van der Waals surface area contributed by atoms with E-state index in [1.54, 1.807) is 5.57 Å². The molecule has 1 fully saturated rings. The van der Waals surface area contributed by atoms with Crippen molar-refractivity contribution in [2.75, 3.05) is 0 Å². The number of allylic oxidation sites excluding steroid dienone is 4. The van der Waals surface area contributed by atoms with Crippen molar-refractivity contribution in [3.8, 4) is 0 Å². The largest absolute Gasteiger partial charge is 0.0840 e. The number of hydrogen-bond donors (Lipinski definition) is 0. The summed E-state index contributed by atoms with van der Waals surface area (Å²) in [5.74, 6) is 0.912. The van der Waals surface area contributed by atoms with Crippen molar-refractivity contribution in [1.29, 1.82) is 0 Å². The predicted octanol–water partition coefficient (Wildman–Crippen LogP) is 4.87. The lowest BCUT2D eigenvalue weighted by Crippen LogP contribution is -2.08. The van der Waals surface area contributed by atoms with Crippen LogP contribution in [0.15, 0.2) is 23.8 Å². The molecule has 0 radical (unpaired) electrons. The molecule has 0 aliphatic heterocycles. The van der Waals surface area contributed by atoms with E-state index < -0.39 is 0 Å². The quantitative estimate of drug-likeness (QED) is 0.556. The molecular weight excluding hydrogens is 168 g/mol. The molecule has 1 saturated carbocycles. The summed E-state index contributed by atoms with van der Waals surface area (Å²) in [6, 6.07) is 0. The van der Waals surface area contributed by atoms with Crippen LogP contribution in [0.1, 0.15) is 58.8 Å². The average Bonchev–Trinajstić information content (AvgIpc) is 2.34. The van der Waals surface area contributed by atoms with Crippen molar-refractivity contribution < 1.29 is 0 Å². The molecule has 0 saturated heterocycles. The molecular formula is C14H24. The smallest absolute Gasteiger partial charge is 0.0165 e. The SMILES string of the molecule is C1=CC(C2CCCCC2)=CCC1.CC. The third kappa shape index (κ3) is 3.32. The van der Waals surface area contributed by atoms with Gasteiger partial charge in [-0.15, -0.1) is 0 Å². The Kier molecular flexibility index (Phi) is 5.66. The molecule has 0 amide bonds. The summed E-state index contributed by atoms with van der Waals surface area (Å²) in [6.45, 7) is 4.00. The third-order valence-corrected chi connectivity index (χ3v) is 3.10. The fraction of sp³-hybridized carbons (Fsp3) is 0.714. The molecule has 0 unspecified atom stereocenters. The van der Waals surface area contributed by atoms with Crippen LogP contribution in [-0.4, -0.2) is 0 Å². The number of hydrogen-bond acceptors (Lipinski definition) is 0. The van der Waals surface area contributed by atoms with Crippen molar-refractivity contribution in [2.24, 2.45) is 5.92 Å². The monoisotopic (exact) mass is 192 g/mol. The van der Waals surface area contributed by atoms with Crippen LogP contribution in [0.5, 0.6) is 0 Å². The molecule has 0 bridgehead atoms. The Balaban J connectivity index is 0.000000461. The Bertz CT molecular complexity index is 192. The lowest BCUT2D eigenvalue weighted by atomic mass is 9.82. The normalized spacial score (nSPS) is 22.3. The summed E-state index contributed by atoms with van der Waals surface area (Å²) in [7, 11) is 0. The van der Waals surface area contributed by atoms with E-state index in [4.69, 9.17) is 0 Å². The molecule has 0 aromatic heterocycles. The molecule has 0 heteroatoms. The van der Waals surface area contributed by atoms with Crippen molar-refractivity contribution >= 4 is 0 Å². The molecule has 0 aromatic carbocycles. The number of rotatable bonds is 1. The van der Waals surface area contributed by atoms with Crippen LogP contribution in [-0.2, 0) is 0 Å². The lowest BCUT2D eigenvalue weighted by Gasteiger charge is -2.23. The van der Waals surface area contributed by atoms with Gasteiger partial charge in [0, 0.05) is 0 Å². The summed E-state index contributed by atoms with van der Waals surface area (Å²) in [4.78, 5) is 0. The Labute approximate surface area is 89.1 Å². The van der Waals surface area contributed by atoms with Gasteiger partial charge < -0.3 is 0 Å². The molecule has 0 aromatic rings. The van der Waals surface area contributed by atoms with Crippen molar-refractivity contribution in [2.45, 2.75) is 58.8 Å². The van der Waals surface area contributed by atoms with E-state index in [1.165, 1.54) is 44.9 Å². The van der Waals surface area contributed by atoms with Crippen molar-refractivity contribution in [3.63, 3.8) is 0 Å². The van der Waals surface area contributed by atoms with E-state index in [9.17, 15) is 0 Å². The molecule has 0 atom stereocenters. The summed E-state index contributed by atoms with van der Waals surface area (Å²) in [6.07, 6.45) is 16.9. The van der Waals surface area contributed by atoms with E-state index in [-0.39, 0.29) is 0 Å². The van der Waals surface area contributed by atoms with Gasteiger partial charge in [-0.25, -0.2) is 0 Å². The second kappa shape index (κ2) is 6.86. The fourth-order valence-corrected chi connectivity index (χ4v) is 2.37. The highest BCUT2D eigenvalue weighted by Gasteiger charge is 2.16. The van der Waals surface area contributed by atoms with Gasteiger partial charge in [0.1, 0.15) is 0 Å². The van der Waals surface area contributed by atoms with Gasteiger partial charge in [0.05, 0.1) is 0 Å². The summed E-state index contributed by atoms with van der Waals surface area (Å²) in [5, 5.41) is 0. The van der Waals surface area contributed by atoms with Crippen molar-refractivity contribution in [1.82, 2.24) is 0 Å². The predicted molar refractivity (Wildman–Crippen MR) is 64.4 cm³/mol. The molecule has 0 heterocycles. The lowest BCUT2D eigenvalue weighted by molar-refractivity contribution is 0.406. The first-order valence-corrected chi connectivity index (χ1v) is 6.33. The highest BCUT2D eigenvalue weighted by atomic mass is 14.2. The minimum absolute atomic E-state index is 0.912. The second-order valence-corrected chi connectivity index (χ2v) is 4.02. The van der Waals surface area contributed by atoms with E-state index in [2.05, 4.69) is 18.2 Å². The molecule has 80 valence electrons. The summed E-state index contributed by atoms with van der Waals surface area (Å²) >= 11 is 0. The highest BCUT2D eigenvalue weighted by Crippen LogP contribution is 2.31. The van der Waals surface area contributed by atoms with Crippen LogP contribution in [0.4, 0.5) is 0 Å². The van der Waals surface area contributed by atoms with Crippen LogP contribution < -0.4 is 0 Å². The van der Waals surface area contributed by atoms with Crippen LogP contribution in [0, 0.1) is 5.92 Å². The Morgan fingerprint density at radius 3 is 2.29 bits per heavy atom. The first-order chi connectivity index (χ1) is 6.97. The van der Waals surface area contributed by atoms with Gasteiger partial charge in [-0.3, -0.25) is 0 Å². The van der Waals surface area contributed by atoms with E-state index in [1.807, 2.05) is 13.8 Å². The summed E-state index contributed by atoms with van der Waals surface area (Å²) < 4.78 is 0. The maximum Gasteiger partial charge on any atom is -0.0165 e. The second-order valence-electron chi connectivity index (χ2n) is 4.02. The van der Waals surface area contributed by atoms with Crippen molar-refractivity contribution in [3.05, 3.63) is 23.8 Å². The standard InChI is InChI=1S/C12H18.C2H6/c1-3-7-11(8-4-1)12-9-5-2-6-10-12;1-2/h3,7-8,12H,1-2,4-6,9-10H2;1-2H3. The topological polar surface area (TPSA) is 0 Å². The molecule has 2 rings (SSSR count). The van der Waals surface area contributed by atoms with E-state index in [0.29, 0.717) is 0 Å². The van der Waals surface area contributed by atoms with Gasteiger partial charge in [-0.05, 0) is 37.2 Å². The molecule has 14 heavy (non-hydrogen) atoms. The fourth-order valence-electron chi connectivity index (χ4n) is 2.37. The minimum atomic E-state index is 0.912. The highest BCUT2D eigenvalue weighted by molar-refractivity contribution is 5.25. The van der Waals surface area contributed by atoms with Crippen LogP contribution in [0.2, 0.25) is 0 Å². The molecule has 0 nitrogen and oxygen atoms in total. The Morgan fingerprint density at radius 2 is 1.71 bits per heavy atom. The van der Waals surface area contributed by atoms with Gasteiger partial charge in [0.25, 0.3) is 0 Å². The summed E-state index contributed by atoms with van der Waals surface area (Å²) in [5.41, 5.74) is 1.64. The third-order valence-electron chi connectivity index (χ3n) is 3.10. The van der Waals surface area contributed by atoms with Crippen LogP contribution >= 0.6 is 0 Å². The Hall–Kier alpha value is -0.520. The average molecular weight is 192 g/mol. The Morgan fingerprint density at radius 1 is 1.00 bits per heavy atom. The van der Waals surface area contributed by atoms with Gasteiger partial charge >= 0.3 is 0 Å². The zero-order valence-electron chi connectivity index (χ0n) is 9.76. The van der Waals surface area contributed by atoms with Gasteiger partial charge in [0.15, 0.2) is 0 Å². The van der Waals surface area contributed by atoms with Gasteiger partial charge in [-0.2, -0.15) is 0 Å². The molecule has 0 spiro atoms. The first kappa shape index (κ1) is 11.6. The molecule has 2 aliphatic carbocycles. The first-order valence-electron chi connectivity index (χ1n) is 6.33. The minimum Gasteiger partial charge on any atom is -0.0840 e. The molecule has 2 aliphatic rings. The van der Waals surface area contributed by atoms with Crippen LogP contribution in [0.3, 0.4) is 0 Å². The maximum absolute atomic E-state index is 2.45. The van der Waals surface area contributed by atoms with Gasteiger partial charge in [-0.1, -0.05) is 51.3 Å². The van der Waals surface area contributed by atoms with Crippen LogP contribution in [0.25, 0.3) is 0 Å².